The Morgan fingerprint density at radius 2 is 2.25 bits per heavy atom. The molecule has 0 radical (unpaired) electrons. The molecule has 104 valence electrons. The highest BCUT2D eigenvalue weighted by Crippen LogP contribution is 2.26. The molecule has 3 rings (SSSR count). The lowest BCUT2D eigenvalue weighted by molar-refractivity contribution is -0.120. The summed E-state index contributed by atoms with van der Waals surface area (Å²) in [6.45, 7) is 1.94. The van der Waals surface area contributed by atoms with Gasteiger partial charge in [-0.3, -0.25) is 4.79 Å². The average molecular weight is 290 g/mol. The number of rotatable bonds is 2. The number of carbonyl (C=O) groups is 1. The highest BCUT2D eigenvalue weighted by atomic mass is 35.5. The van der Waals surface area contributed by atoms with Crippen molar-refractivity contribution in [2.24, 2.45) is 5.92 Å². The van der Waals surface area contributed by atoms with E-state index in [9.17, 15) is 4.79 Å². The topological polar surface area (TPSA) is 57.8 Å². The van der Waals surface area contributed by atoms with E-state index in [1.54, 1.807) is 6.07 Å². The van der Waals surface area contributed by atoms with Gasteiger partial charge in [0.25, 0.3) is 0 Å². The molecular formula is C15H16ClN3O. The van der Waals surface area contributed by atoms with Crippen molar-refractivity contribution in [3.8, 4) is 0 Å². The molecule has 0 saturated heterocycles. The summed E-state index contributed by atoms with van der Waals surface area (Å²) in [4.78, 5) is 20.0. The highest BCUT2D eigenvalue weighted by molar-refractivity contribution is 6.33. The number of carbonyl (C=O) groups excluding carboxylic acids is 1. The summed E-state index contributed by atoms with van der Waals surface area (Å²) < 4.78 is 0. The molecule has 1 heterocycles. The zero-order valence-corrected chi connectivity index (χ0v) is 12.0. The van der Waals surface area contributed by atoms with Crippen molar-refractivity contribution in [1.29, 1.82) is 0 Å². The predicted molar refractivity (Wildman–Crippen MR) is 78.9 cm³/mol. The minimum Gasteiger partial charge on any atom is -0.346 e. The van der Waals surface area contributed by atoms with Crippen LogP contribution in [-0.4, -0.2) is 15.9 Å². The van der Waals surface area contributed by atoms with Crippen molar-refractivity contribution in [3.05, 3.63) is 46.5 Å². The zero-order chi connectivity index (χ0) is 14.1. The molecule has 1 amide bonds. The smallest absolute Gasteiger partial charge is 0.227 e. The number of aryl methyl sites for hydroxylation is 2. The normalized spacial score (nSPS) is 17.6. The largest absolute Gasteiger partial charge is 0.346 e. The number of halogens is 1. The Morgan fingerprint density at radius 3 is 3.05 bits per heavy atom. The second-order valence-corrected chi connectivity index (χ2v) is 5.56. The van der Waals surface area contributed by atoms with E-state index in [1.807, 2.05) is 25.1 Å². The molecule has 0 fully saturated rings. The first kappa shape index (κ1) is 13.2. The molecule has 1 aromatic heterocycles. The molecule has 0 aliphatic heterocycles. The number of hydrogen-bond donors (Lipinski definition) is 2. The van der Waals surface area contributed by atoms with Crippen LogP contribution >= 0.6 is 11.6 Å². The molecule has 1 aliphatic carbocycles. The van der Waals surface area contributed by atoms with Gasteiger partial charge in [0.05, 0.1) is 16.4 Å². The van der Waals surface area contributed by atoms with Crippen LogP contribution in [0, 0.1) is 12.8 Å². The second-order valence-electron chi connectivity index (χ2n) is 5.16. The van der Waals surface area contributed by atoms with Crippen LogP contribution in [0.2, 0.25) is 5.02 Å². The van der Waals surface area contributed by atoms with E-state index < -0.39 is 0 Å². The molecule has 2 N–H and O–H groups in total. The molecule has 1 aliphatic rings. The molecule has 1 atom stereocenters. The summed E-state index contributed by atoms with van der Waals surface area (Å²) >= 11 is 6.06. The molecule has 0 saturated carbocycles. The fraction of sp³-hybridized carbons (Fsp3) is 0.333. The number of amides is 1. The number of benzene rings is 1. The Bertz CT molecular complexity index is 650. The van der Waals surface area contributed by atoms with Gasteiger partial charge in [0.15, 0.2) is 0 Å². The number of H-pyrrole nitrogens is 1. The van der Waals surface area contributed by atoms with Crippen molar-refractivity contribution in [3.63, 3.8) is 0 Å². The number of anilines is 1. The fourth-order valence-electron chi connectivity index (χ4n) is 2.64. The summed E-state index contributed by atoms with van der Waals surface area (Å²) in [6, 6.07) is 7.29. The van der Waals surface area contributed by atoms with Crippen molar-refractivity contribution in [2.75, 3.05) is 5.32 Å². The number of nitrogens with zero attached hydrogens (tertiary/aromatic N) is 1. The Hall–Kier alpha value is -1.81. The summed E-state index contributed by atoms with van der Waals surface area (Å²) in [5.74, 6) is 0.914. The minimum absolute atomic E-state index is 0.0241. The number of imidazole rings is 1. The monoisotopic (exact) mass is 289 g/mol. The van der Waals surface area contributed by atoms with Gasteiger partial charge in [-0.25, -0.2) is 4.98 Å². The Kier molecular flexibility index (Phi) is 3.49. The van der Waals surface area contributed by atoms with E-state index in [0.29, 0.717) is 17.1 Å². The number of nitrogens with one attached hydrogen (secondary N) is 2. The van der Waals surface area contributed by atoms with E-state index in [2.05, 4.69) is 15.3 Å². The third-order valence-corrected chi connectivity index (χ3v) is 4.00. The van der Waals surface area contributed by atoms with E-state index in [1.165, 1.54) is 0 Å². The van der Waals surface area contributed by atoms with Gasteiger partial charge in [0.1, 0.15) is 5.82 Å². The number of para-hydroxylation sites is 1. The van der Waals surface area contributed by atoms with E-state index in [-0.39, 0.29) is 11.8 Å². The highest BCUT2D eigenvalue weighted by Gasteiger charge is 2.27. The zero-order valence-electron chi connectivity index (χ0n) is 11.2. The van der Waals surface area contributed by atoms with Gasteiger partial charge < -0.3 is 10.3 Å². The fourth-order valence-corrected chi connectivity index (χ4v) is 2.83. The molecule has 1 unspecified atom stereocenters. The average Bonchev–Trinajstić information content (AvgIpc) is 2.80. The van der Waals surface area contributed by atoms with Crippen molar-refractivity contribution >= 4 is 23.2 Å². The second kappa shape index (κ2) is 5.29. The van der Waals surface area contributed by atoms with Crippen LogP contribution < -0.4 is 5.32 Å². The van der Waals surface area contributed by atoms with E-state index in [0.717, 1.165) is 30.1 Å². The Morgan fingerprint density at radius 1 is 1.45 bits per heavy atom. The molecule has 2 aromatic rings. The van der Waals surface area contributed by atoms with Gasteiger partial charge in [-0.2, -0.15) is 0 Å². The summed E-state index contributed by atoms with van der Waals surface area (Å²) in [5.41, 5.74) is 2.86. The summed E-state index contributed by atoms with van der Waals surface area (Å²) in [7, 11) is 0. The lowest BCUT2D eigenvalue weighted by Crippen LogP contribution is -2.28. The van der Waals surface area contributed by atoms with Gasteiger partial charge in [-0.05, 0) is 31.9 Å². The standard InChI is InChI=1S/C15H16ClN3O/c1-9-17-13-7-6-10(8-14(13)18-9)15(20)19-12-5-3-2-4-11(12)16/h2-5,10H,6-8H2,1H3,(H,17,18)(H,19,20). The number of fused-ring (bicyclic) bond motifs is 1. The maximum atomic E-state index is 12.3. The van der Waals surface area contributed by atoms with Crippen LogP contribution in [0.1, 0.15) is 23.6 Å². The first-order valence-electron chi connectivity index (χ1n) is 6.73. The Balaban J connectivity index is 1.72. The lowest BCUT2D eigenvalue weighted by atomic mass is 9.89. The number of hydrogen-bond acceptors (Lipinski definition) is 2. The molecule has 5 heteroatoms. The molecule has 1 aromatic carbocycles. The number of aromatic nitrogens is 2. The maximum Gasteiger partial charge on any atom is 0.227 e. The van der Waals surface area contributed by atoms with Crippen LogP contribution in [0.25, 0.3) is 0 Å². The maximum absolute atomic E-state index is 12.3. The first-order chi connectivity index (χ1) is 9.63. The van der Waals surface area contributed by atoms with Crippen LogP contribution in [-0.2, 0) is 17.6 Å². The van der Waals surface area contributed by atoms with Crippen LogP contribution in [0.3, 0.4) is 0 Å². The number of aromatic amines is 1. The third kappa shape index (κ3) is 2.56. The van der Waals surface area contributed by atoms with Gasteiger partial charge in [-0.15, -0.1) is 0 Å². The third-order valence-electron chi connectivity index (χ3n) is 3.67. The quantitative estimate of drug-likeness (QED) is 0.892. The first-order valence-corrected chi connectivity index (χ1v) is 7.11. The van der Waals surface area contributed by atoms with Gasteiger partial charge in [0, 0.05) is 18.0 Å². The van der Waals surface area contributed by atoms with Gasteiger partial charge >= 0.3 is 0 Å². The summed E-state index contributed by atoms with van der Waals surface area (Å²) in [6.07, 6.45) is 2.39. The van der Waals surface area contributed by atoms with Crippen LogP contribution in [0.5, 0.6) is 0 Å². The van der Waals surface area contributed by atoms with Gasteiger partial charge in [0.2, 0.25) is 5.91 Å². The SMILES string of the molecule is Cc1nc2c([nH]1)CC(C(=O)Nc1ccccc1Cl)CC2. The predicted octanol–water partition coefficient (Wildman–Crippen LogP) is 3.12. The molecule has 20 heavy (non-hydrogen) atoms. The minimum atomic E-state index is -0.0291. The van der Waals surface area contributed by atoms with Crippen LogP contribution in [0.15, 0.2) is 24.3 Å². The van der Waals surface area contributed by atoms with Crippen molar-refractivity contribution < 1.29 is 4.79 Å². The van der Waals surface area contributed by atoms with Crippen molar-refractivity contribution in [1.82, 2.24) is 9.97 Å². The molecule has 4 nitrogen and oxygen atoms in total. The van der Waals surface area contributed by atoms with E-state index >= 15 is 0 Å². The molecule has 0 bridgehead atoms. The van der Waals surface area contributed by atoms with Crippen LogP contribution in [0.4, 0.5) is 5.69 Å². The Labute approximate surface area is 122 Å². The van der Waals surface area contributed by atoms with E-state index in [4.69, 9.17) is 11.6 Å². The molecule has 0 spiro atoms. The van der Waals surface area contributed by atoms with Gasteiger partial charge in [-0.1, -0.05) is 23.7 Å². The lowest BCUT2D eigenvalue weighted by Gasteiger charge is -2.20. The summed E-state index contributed by atoms with van der Waals surface area (Å²) in [5, 5.41) is 3.48. The van der Waals surface area contributed by atoms with Crippen molar-refractivity contribution in [2.45, 2.75) is 26.2 Å². The molecular weight excluding hydrogens is 274 g/mol.